The highest BCUT2D eigenvalue weighted by Gasteiger charge is 2.42. The number of allylic oxidation sites excluding steroid dienone is 1. The van der Waals surface area contributed by atoms with Crippen molar-refractivity contribution in [2.75, 3.05) is 29.1 Å². The van der Waals surface area contributed by atoms with Gasteiger partial charge in [0.1, 0.15) is 21.8 Å². The third-order valence-electron chi connectivity index (χ3n) is 4.33. The first-order valence-electron chi connectivity index (χ1n) is 9.05. The van der Waals surface area contributed by atoms with Crippen LogP contribution >= 0.6 is 34.4 Å². The fourth-order valence-electron chi connectivity index (χ4n) is 2.91. The Kier molecular flexibility index (Phi) is 7.52. The van der Waals surface area contributed by atoms with Crippen LogP contribution in [0.5, 0.6) is 0 Å². The van der Waals surface area contributed by atoms with Gasteiger partial charge in [0.15, 0.2) is 0 Å². The van der Waals surface area contributed by atoms with E-state index < -0.39 is 23.8 Å². The lowest BCUT2D eigenvalue weighted by Crippen LogP contribution is -2.42. The Hall–Kier alpha value is -1.93. The molecule has 30 heavy (non-hydrogen) atoms. The van der Waals surface area contributed by atoms with E-state index in [1.54, 1.807) is 11.8 Å². The van der Waals surface area contributed by atoms with Crippen LogP contribution in [0.1, 0.15) is 22.9 Å². The van der Waals surface area contributed by atoms with Crippen LogP contribution in [-0.4, -0.2) is 61.5 Å². The van der Waals surface area contributed by atoms with Gasteiger partial charge in [0, 0.05) is 19.4 Å². The maximum atomic E-state index is 12.9. The number of alkyl halides is 3. The molecule has 1 aliphatic rings. The predicted molar refractivity (Wildman–Crippen MR) is 113 cm³/mol. The van der Waals surface area contributed by atoms with E-state index in [0.29, 0.717) is 24.4 Å². The van der Waals surface area contributed by atoms with Crippen molar-refractivity contribution < 1.29 is 18.0 Å². The van der Waals surface area contributed by atoms with Crippen molar-refractivity contribution in [1.82, 2.24) is 25.3 Å². The minimum Gasteiger partial charge on any atom is -0.374 e. The summed E-state index contributed by atoms with van der Waals surface area (Å²) in [7, 11) is 0. The van der Waals surface area contributed by atoms with Crippen LogP contribution in [0.3, 0.4) is 0 Å². The predicted octanol–water partition coefficient (Wildman–Crippen LogP) is 2.97. The number of aryl methyl sites for hydroxylation is 2. The Morgan fingerprint density at radius 3 is 2.50 bits per heavy atom. The molecule has 0 bridgehead atoms. The largest absolute Gasteiger partial charge is 0.430 e. The first-order valence-corrected chi connectivity index (χ1v) is 11.8. The van der Waals surface area contributed by atoms with Crippen LogP contribution in [-0.2, 0) is 17.6 Å². The number of nitrogen functional groups attached to an aromatic ring is 1. The molecule has 3 N–H and O–H groups in total. The zero-order valence-corrected chi connectivity index (χ0v) is 18.3. The summed E-state index contributed by atoms with van der Waals surface area (Å²) in [6, 6.07) is -0.906. The second kappa shape index (κ2) is 9.92. The van der Waals surface area contributed by atoms with Gasteiger partial charge in [-0.05, 0) is 24.3 Å². The summed E-state index contributed by atoms with van der Waals surface area (Å²) in [6.45, 7) is 3.25. The number of nitrogens with two attached hydrogens (primary N) is 1. The zero-order chi connectivity index (χ0) is 21.7. The quantitative estimate of drug-likeness (QED) is 0.529. The zero-order valence-electron chi connectivity index (χ0n) is 15.8. The van der Waals surface area contributed by atoms with Crippen molar-refractivity contribution in [3.05, 3.63) is 22.3 Å². The summed E-state index contributed by atoms with van der Waals surface area (Å²) in [4.78, 5) is 13.5. The summed E-state index contributed by atoms with van der Waals surface area (Å²) in [5.74, 6) is 1.17. The van der Waals surface area contributed by atoms with Gasteiger partial charge in [0.05, 0.1) is 0 Å². The van der Waals surface area contributed by atoms with Crippen molar-refractivity contribution in [3.63, 3.8) is 0 Å². The molecule has 2 aromatic rings. The number of likely N-dealkylation sites (tertiary alicyclic amines) is 1. The van der Waals surface area contributed by atoms with E-state index in [1.165, 1.54) is 22.7 Å². The molecule has 1 atom stereocenters. The smallest absolute Gasteiger partial charge is 0.374 e. The number of amides is 1. The number of aromatic nitrogens is 4. The van der Waals surface area contributed by atoms with E-state index in [9.17, 15) is 18.0 Å². The second-order valence-corrected chi connectivity index (χ2v) is 9.81. The van der Waals surface area contributed by atoms with Crippen LogP contribution < -0.4 is 11.1 Å². The fourth-order valence-corrected chi connectivity index (χ4v) is 5.40. The van der Waals surface area contributed by atoms with Crippen molar-refractivity contribution >= 4 is 50.6 Å². The summed E-state index contributed by atoms with van der Waals surface area (Å²) in [5.41, 5.74) is 4.55. The fraction of sp³-hybridized carbons (Fsp3) is 0.562. The molecule has 8 nitrogen and oxygen atoms in total. The Morgan fingerprint density at radius 1 is 1.20 bits per heavy atom. The number of rotatable bonds is 9. The van der Waals surface area contributed by atoms with Crippen LogP contribution in [0.15, 0.2) is 12.3 Å². The van der Waals surface area contributed by atoms with Crippen molar-refractivity contribution in [2.45, 2.75) is 37.9 Å². The monoisotopic (exact) mass is 479 g/mol. The highest BCUT2D eigenvalue weighted by molar-refractivity contribution is 7.99. The molecule has 0 spiro atoms. The number of thioether (sulfide) groups is 1. The molecule has 14 heteroatoms. The molecule has 1 saturated heterocycles. The molecule has 2 aromatic heterocycles. The molecule has 0 aliphatic carbocycles. The van der Waals surface area contributed by atoms with Gasteiger partial charge in [-0.25, -0.2) is 0 Å². The molecule has 3 heterocycles. The van der Waals surface area contributed by atoms with Gasteiger partial charge >= 0.3 is 6.18 Å². The highest BCUT2D eigenvalue weighted by Crippen LogP contribution is 2.33. The van der Waals surface area contributed by atoms with Crippen LogP contribution in [0.25, 0.3) is 0 Å². The van der Waals surface area contributed by atoms with Gasteiger partial charge in [-0.2, -0.15) is 24.9 Å². The summed E-state index contributed by atoms with van der Waals surface area (Å²) in [6.07, 6.45) is -2.26. The van der Waals surface area contributed by atoms with Crippen LogP contribution in [0.2, 0.25) is 0 Å². The minimum atomic E-state index is -4.56. The minimum absolute atomic E-state index is 0.151. The van der Waals surface area contributed by atoms with Crippen LogP contribution in [0.4, 0.5) is 23.4 Å². The molecular weight excluding hydrogens is 459 g/mol. The third-order valence-corrected chi connectivity index (χ3v) is 7.03. The molecular formula is C16H20F3N7OS3. The standard InChI is InChI=1S/C16H20F3N7OS3/c1-9(16(17,18)19)26-6-2-3-10(26)13(27)21-15-25-23-12(30-15)5-8-28-7-4-11-22-24-14(20)29-11/h10H,1-8H2,(H2,20,24)(H,21,25,27)/t10-/m0/s1. The summed E-state index contributed by atoms with van der Waals surface area (Å²) in [5, 5.41) is 20.7. The Balaban J connectivity index is 1.43. The molecule has 0 saturated carbocycles. The normalized spacial score (nSPS) is 16.8. The first-order chi connectivity index (χ1) is 14.2. The van der Waals surface area contributed by atoms with Crippen molar-refractivity contribution in [3.8, 4) is 0 Å². The molecule has 1 amide bonds. The molecule has 0 radical (unpaired) electrons. The highest BCUT2D eigenvalue weighted by atomic mass is 32.2. The van der Waals surface area contributed by atoms with E-state index in [0.717, 1.165) is 32.8 Å². The number of hydrogen-bond acceptors (Lipinski definition) is 10. The number of hydrogen-bond donors (Lipinski definition) is 2. The van der Waals surface area contributed by atoms with Crippen molar-refractivity contribution in [2.24, 2.45) is 0 Å². The second-order valence-electron chi connectivity index (χ2n) is 6.43. The Bertz CT molecular complexity index is 886. The van der Waals surface area contributed by atoms with Crippen LogP contribution in [0, 0.1) is 0 Å². The first kappa shape index (κ1) is 22.7. The number of carbonyl (C=O) groups is 1. The third kappa shape index (κ3) is 6.04. The van der Waals surface area contributed by atoms with E-state index in [-0.39, 0.29) is 11.7 Å². The average Bonchev–Trinajstić information content (AvgIpc) is 3.41. The van der Waals surface area contributed by atoms with Gasteiger partial charge in [-0.1, -0.05) is 29.3 Å². The van der Waals surface area contributed by atoms with E-state index in [1.807, 2.05) is 0 Å². The van der Waals surface area contributed by atoms with Gasteiger partial charge in [0.2, 0.25) is 16.2 Å². The lowest BCUT2D eigenvalue weighted by atomic mass is 10.2. The number of carbonyl (C=O) groups excluding carboxylic acids is 1. The van der Waals surface area contributed by atoms with Gasteiger partial charge in [-0.15, -0.1) is 20.4 Å². The lowest BCUT2D eigenvalue weighted by molar-refractivity contribution is -0.126. The molecule has 0 aromatic carbocycles. The van der Waals surface area contributed by atoms with Crippen molar-refractivity contribution in [1.29, 1.82) is 0 Å². The Morgan fingerprint density at radius 2 is 1.87 bits per heavy atom. The number of nitrogens with one attached hydrogen (secondary N) is 1. The topological polar surface area (TPSA) is 110 Å². The molecule has 3 rings (SSSR count). The van der Waals surface area contributed by atoms with Gasteiger partial charge in [-0.3, -0.25) is 10.1 Å². The number of nitrogens with zero attached hydrogens (tertiary/aromatic N) is 5. The van der Waals surface area contributed by atoms with E-state index in [2.05, 4.69) is 32.3 Å². The van der Waals surface area contributed by atoms with Gasteiger partial charge in [0.25, 0.3) is 0 Å². The maximum Gasteiger partial charge on any atom is 0.430 e. The lowest BCUT2D eigenvalue weighted by Gasteiger charge is -2.28. The Labute approximate surface area is 183 Å². The summed E-state index contributed by atoms with van der Waals surface area (Å²) >= 11 is 4.33. The number of halogens is 3. The molecule has 1 fully saturated rings. The van der Waals surface area contributed by atoms with E-state index in [4.69, 9.17) is 5.73 Å². The van der Waals surface area contributed by atoms with E-state index >= 15 is 0 Å². The molecule has 0 unspecified atom stereocenters. The molecule has 1 aliphatic heterocycles. The number of anilines is 2. The average molecular weight is 480 g/mol. The summed E-state index contributed by atoms with van der Waals surface area (Å²) < 4.78 is 38.8. The molecule has 164 valence electrons. The maximum absolute atomic E-state index is 12.9. The van der Waals surface area contributed by atoms with Gasteiger partial charge < -0.3 is 10.6 Å². The SMILES string of the molecule is C=C(N1CCC[C@H]1C(=O)Nc1nnc(CCSCCc2nnc(N)s2)s1)C(F)(F)F.